The Morgan fingerprint density at radius 2 is 1.23 bits per heavy atom. The molecule has 22 heavy (non-hydrogen) atoms. The van der Waals surface area contributed by atoms with E-state index in [0.29, 0.717) is 0 Å². The molecule has 0 fully saturated rings. The van der Waals surface area contributed by atoms with Crippen LogP contribution in [0.2, 0.25) is 0 Å². The summed E-state index contributed by atoms with van der Waals surface area (Å²) in [5.74, 6) is 0. The predicted molar refractivity (Wildman–Crippen MR) is 100 cm³/mol. The van der Waals surface area contributed by atoms with Crippen molar-refractivity contribution in [1.29, 1.82) is 0 Å². The molecule has 0 radical (unpaired) electrons. The second-order valence-corrected chi connectivity index (χ2v) is 5.69. The largest absolute Gasteiger partial charge is 0.393 e. The summed E-state index contributed by atoms with van der Waals surface area (Å²) in [6.07, 6.45) is 28.3. The average Bonchev–Trinajstić information content (AvgIpc) is 2.52. The van der Waals surface area contributed by atoms with Crippen LogP contribution in [0.4, 0.5) is 0 Å². The van der Waals surface area contributed by atoms with Gasteiger partial charge in [0.2, 0.25) is 0 Å². The van der Waals surface area contributed by atoms with Crippen LogP contribution in [-0.2, 0) is 0 Å². The summed E-state index contributed by atoms with van der Waals surface area (Å²) in [4.78, 5) is 0. The van der Waals surface area contributed by atoms with Crippen LogP contribution in [0.15, 0.2) is 48.6 Å². The molecule has 0 bridgehead atoms. The Labute approximate surface area is 138 Å². The molecule has 0 saturated heterocycles. The second kappa shape index (κ2) is 18.0. The highest BCUT2D eigenvalue weighted by molar-refractivity contribution is 4.92. The minimum absolute atomic E-state index is 0.181. The zero-order chi connectivity index (χ0) is 16.3. The smallest absolute Gasteiger partial charge is 0.0577 e. The van der Waals surface area contributed by atoms with Crippen LogP contribution in [0.1, 0.15) is 78.1 Å². The van der Waals surface area contributed by atoms with E-state index < -0.39 is 0 Å². The summed E-state index contributed by atoms with van der Waals surface area (Å²) in [7, 11) is 0. The normalized spacial score (nSPS) is 14.1. The van der Waals surface area contributed by atoms with Crippen molar-refractivity contribution in [2.45, 2.75) is 84.2 Å². The van der Waals surface area contributed by atoms with Gasteiger partial charge in [0.1, 0.15) is 0 Å². The number of aliphatic hydroxyl groups excluding tert-OH is 1. The first-order valence-electron chi connectivity index (χ1n) is 9.09. The highest BCUT2D eigenvalue weighted by Gasteiger charge is 1.98. The summed E-state index contributed by atoms with van der Waals surface area (Å²) >= 11 is 0. The fourth-order valence-corrected chi connectivity index (χ4v) is 2.14. The van der Waals surface area contributed by atoms with Crippen LogP contribution in [0.5, 0.6) is 0 Å². The topological polar surface area (TPSA) is 20.2 Å². The Balaban J connectivity index is 3.37. The molecule has 0 aromatic carbocycles. The lowest BCUT2D eigenvalue weighted by Gasteiger charge is -2.04. The molecule has 0 heterocycles. The third kappa shape index (κ3) is 17.0. The van der Waals surface area contributed by atoms with E-state index in [4.69, 9.17) is 0 Å². The Morgan fingerprint density at radius 1 is 0.682 bits per heavy atom. The van der Waals surface area contributed by atoms with Gasteiger partial charge in [-0.25, -0.2) is 0 Å². The van der Waals surface area contributed by atoms with E-state index in [2.05, 4.69) is 62.5 Å². The standard InChI is InChI=1S/C21H36O/c1-3-5-7-8-9-10-11-12-13-14-15-16-18-20-21(22)19-17-6-4-2/h5-7,9-10,15-17,21-22H,3-4,8,11-14,18-20H2,1-2H3/b7-5-,10-9-,16-15-,17-6-/t21-/m1/s1. The molecule has 0 amide bonds. The Morgan fingerprint density at radius 3 is 1.91 bits per heavy atom. The van der Waals surface area contributed by atoms with Crippen molar-refractivity contribution < 1.29 is 5.11 Å². The fraction of sp³-hybridized carbons (Fsp3) is 0.619. The van der Waals surface area contributed by atoms with Crippen LogP contribution in [0.3, 0.4) is 0 Å². The number of unbranched alkanes of at least 4 members (excludes halogenated alkanes) is 3. The molecule has 0 aliphatic rings. The van der Waals surface area contributed by atoms with E-state index in [9.17, 15) is 5.11 Å². The molecule has 0 spiro atoms. The quantitative estimate of drug-likeness (QED) is 0.286. The molecule has 0 saturated carbocycles. The second-order valence-electron chi connectivity index (χ2n) is 5.69. The maximum Gasteiger partial charge on any atom is 0.0577 e. The number of hydrogen-bond acceptors (Lipinski definition) is 1. The van der Waals surface area contributed by atoms with Crippen molar-refractivity contribution >= 4 is 0 Å². The van der Waals surface area contributed by atoms with Gasteiger partial charge in [-0.15, -0.1) is 0 Å². The molecule has 126 valence electrons. The average molecular weight is 305 g/mol. The molecule has 0 aromatic heterocycles. The first-order chi connectivity index (χ1) is 10.8. The van der Waals surface area contributed by atoms with E-state index >= 15 is 0 Å². The predicted octanol–water partition coefficient (Wildman–Crippen LogP) is 6.51. The Kier molecular flexibility index (Phi) is 17.1. The van der Waals surface area contributed by atoms with Gasteiger partial charge in [0.05, 0.1) is 6.10 Å². The highest BCUT2D eigenvalue weighted by atomic mass is 16.3. The summed E-state index contributed by atoms with van der Waals surface area (Å²) in [5, 5.41) is 9.76. The van der Waals surface area contributed by atoms with Crippen molar-refractivity contribution in [2.24, 2.45) is 0 Å². The summed E-state index contributed by atoms with van der Waals surface area (Å²) in [5.41, 5.74) is 0. The summed E-state index contributed by atoms with van der Waals surface area (Å²) in [6.45, 7) is 4.28. The van der Waals surface area contributed by atoms with E-state index in [1.807, 2.05) is 0 Å². The van der Waals surface area contributed by atoms with Gasteiger partial charge >= 0.3 is 0 Å². The lowest BCUT2D eigenvalue weighted by Crippen LogP contribution is -2.03. The van der Waals surface area contributed by atoms with Crippen molar-refractivity contribution in [3.05, 3.63) is 48.6 Å². The summed E-state index contributed by atoms with van der Waals surface area (Å²) < 4.78 is 0. The Hall–Kier alpha value is -1.08. The van der Waals surface area contributed by atoms with Gasteiger partial charge in [0, 0.05) is 0 Å². The van der Waals surface area contributed by atoms with Gasteiger partial charge in [0.15, 0.2) is 0 Å². The van der Waals surface area contributed by atoms with Gasteiger partial charge in [-0.1, -0.05) is 62.5 Å². The van der Waals surface area contributed by atoms with E-state index in [1.165, 1.54) is 19.3 Å². The van der Waals surface area contributed by atoms with E-state index in [0.717, 1.165) is 44.9 Å². The van der Waals surface area contributed by atoms with E-state index in [-0.39, 0.29) is 6.10 Å². The number of aliphatic hydroxyl groups is 1. The van der Waals surface area contributed by atoms with Crippen LogP contribution in [0.25, 0.3) is 0 Å². The molecule has 0 aliphatic carbocycles. The van der Waals surface area contributed by atoms with Crippen LogP contribution < -0.4 is 0 Å². The molecular weight excluding hydrogens is 268 g/mol. The third-order valence-corrected chi connectivity index (χ3v) is 3.48. The van der Waals surface area contributed by atoms with Crippen molar-refractivity contribution in [3.63, 3.8) is 0 Å². The SMILES string of the molecule is CC/C=C\C/C=C\CCCC/C=C\CC[C@H](O)C/C=C\CC. The number of hydrogen-bond donors (Lipinski definition) is 1. The fourth-order valence-electron chi connectivity index (χ4n) is 2.14. The maximum absolute atomic E-state index is 9.76. The minimum atomic E-state index is -0.181. The molecule has 0 rings (SSSR count). The third-order valence-electron chi connectivity index (χ3n) is 3.48. The highest BCUT2D eigenvalue weighted by Crippen LogP contribution is 2.06. The van der Waals surface area contributed by atoms with Gasteiger partial charge in [-0.2, -0.15) is 0 Å². The van der Waals surface area contributed by atoms with Gasteiger partial charge in [-0.3, -0.25) is 0 Å². The Bertz CT molecular complexity index is 323. The monoisotopic (exact) mass is 304 g/mol. The molecule has 1 nitrogen and oxygen atoms in total. The molecule has 0 aliphatic heterocycles. The maximum atomic E-state index is 9.76. The summed E-state index contributed by atoms with van der Waals surface area (Å²) in [6, 6.07) is 0. The van der Waals surface area contributed by atoms with Gasteiger partial charge in [0.25, 0.3) is 0 Å². The lowest BCUT2D eigenvalue weighted by molar-refractivity contribution is 0.169. The molecule has 1 heteroatoms. The number of rotatable bonds is 14. The van der Waals surface area contributed by atoms with Crippen LogP contribution in [0, 0.1) is 0 Å². The first kappa shape index (κ1) is 20.9. The zero-order valence-electron chi connectivity index (χ0n) is 14.7. The van der Waals surface area contributed by atoms with E-state index in [1.54, 1.807) is 0 Å². The van der Waals surface area contributed by atoms with Crippen molar-refractivity contribution in [2.75, 3.05) is 0 Å². The van der Waals surface area contributed by atoms with Crippen LogP contribution >= 0.6 is 0 Å². The molecule has 1 atom stereocenters. The molecular formula is C21H36O. The van der Waals surface area contributed by atoms with Crippen molar-refractivity contribution in [3.8, 4) is 0 Å². The van der Waals surface area contributed by atoms with Crippen molar-refractivity contribution in [1.82, 2.24) is 0 Å². The minimum Gasteiger partial charge on any atom is -0.393 e. The van der Waals surface area contributed by atoms with Gasteiger partial charge < -0.3 is 5.11 Å². The van der Waals surface area contributed by atoms with Gasteiger partial charge in [-0.05, 0) is 64.2 Å². The molecule has 0 aromatic rings. The van der Waals surface area contributed by atoms with Crippen LogP contribution in [-0.4, -0.2) is 11.2 Å². The first-order valence-corrected chi connectivity index (χ1v) is 9.09. The number of allylic oxidation sites excluding steroid dienone is 7. The molecule has 1 N–H and O–H groups in total. The zero-order valence-corrected chi connectivity index (χ0v) is 14.7. The lowest BCUT2D eigenvalue weighted by atomic mass is 10.1. The molecule has 0 unspecified atom stereocenters.